The van der Waals surface area contributed by atoms with Gasteiger partial charge in [0.05, 0.1) is 10.9 Å². The average Bonchev–Trinajstić information content (AvgIpc) is 2.83. The zero-order valence-electron chi connectivity index (χ0n) is 10.9. The van der Waals surface area contributed by atoms with Crippen LogP contribution in [-0.2, 0) is 0 Å². The Morgan fingerprint density at radius 3 is 2.44 bits per heavy atom. The van der Waals surface area contributed by atoms with Crippen molar-refractivity contribution in [2.75, 3.05) is 7.05 Å². The molecule has 0 spiro atoms. The fourth-order valence-corrected chi connectivity index (χ4v) is 2.79. The van der Waals surface area contributed by atoms with Crippen LogP contribution in [0.1, 0.15) is 33.8 Å². The number of rotatable bonds is 3. The largest absolute Gasteiger partial charge is 0.334 e. The molecule has 0 aliphatic heterocycles. The van der Waals surface area contributed by atoms with E-state index in [4.69, 9.17) is 0 Å². The molecule has 0 saturated carbocycles. The Labute approximate surface area is 112 Å². The third-order valence-corrected chi connectivity index (χ3v) is 4.24. The van der Waals surface area contributed by atoms with Gasteiger partial charge in [0.25, 0.3) is 5.91 Å². The predicted octanol–water partition coefficient (Wildman–Crippen LogP) is 3.89. The maximum Gasteiger partial charge on any atom is 0.264 e. The first kappa shape index (κ1) is 12.8. The number of thiophene rings is 1. The van der Waals surface area contributed by atoms with Gasteiger partial charge in [-0.25, -0.2) is 0 Å². The van der Waals surface area contributed by atoms with Gasteiger partial charge >= 0.3 is 0 Å². The summed E-state index contributed by atoms with van der Waals surface area (Å²) in [6, 6.07) is 12.2. The Bertz CT molecular complexity index is 532. The highest BCUT2D eigenvalue weighted by atomic mass is 32.1. The monoisotopic (exact) mass is 259 g/mol. The highest BCUT2D eigenvalue weighted by molar-refractivity contribution is 7.12. The van der Waals surface area contributed by atoms with Gasteiger partial charge in [-0.2, -0.15) is 0 Å². The molecule has 94 valence electrons. The van der Waals surface area contributed by atoms with E-state index in [-0.39, 0.29) is 11.9 Å². The van der Waals surface area contributed by atoms with E-state index in [0.29, 0.717) is 0 Å². The van der Waals surface area contributed by atoms with Crippen LogP contribution in [0.5, 0.6) is 0 Å². The van der Waals surface area contributed by atoms with Crippen LogP contribution in [0.2, 0.25) is 0 Å². The van der Waals surface area contributed by atoms with Gasteiger partial charge in [-0.05, 0) is 36.4 Å². The Hall–Kier alpha value is -1.61. The third kappa shape index (κ3) is 2.46. The van der Waals surface area contributed by atoms with E-state index in [2.05, 4.69) is 19.1 Å². The quantitative estimate of drug-likeness (QED) is 0.819. The van der Waals surface area contributed by atoms with Crippen LogP contribution in [-0.4, -0.2) is 17.9 Å². The van der Waals surface area contributed by atoms with E-state index in [1.54, 1.807) is 4.90 Å². The summed E-state index contributed by atoms with van der Waals surface area (Å²) in [4.78, 5) is 15.0. The number of carbonyl (C=O) groups is 1. The van der Waals surface area contributed by atoms with Crippen molar-refractivity contribution in [3.05, 3.63) is 57.8 Å². The lowest BCUT2D eigenvalue weighted by Crippen LogP contribution is -2.29. The first-order chi connectivity index (χ1) is 8.61. The molecule has 1 aromatic carbocycles. The van der Waals surface area contributed by atoms with E-state index in [1.807, 2.05) is 43.6 Å². The van der Waals surface area contributed by atoms with Crippen LogP contribution in [0.15, 0.2) is 41.8 Å². The van der Waals surface area contributed by atoms with E-state index in [0.717, 1.165) is 16.0 Å². The highest BCUT2D eigenvalue weighted by Gasteiger charge is 2.20. The smallest absolute Gasteiger partial charge is 0.264 e. The molecule has 2 nitrogen and oxygen atoms in total. The SMILES string of the molecule is Cc1ccsc1C(=O)N(C)C(C)c1ccccc1. The lowest BCUT2D eigenvalue weighted by molar-refractivity contribution is 0.0747. The summed E-state index contributed by atoms with van der Waals surface area (Å²) in [5.41, 5.74) is 2.21. The van der Waals surface area contributed by atoms with E-state index in [9.17, 15) is 4.79 Å². The topological polar surface area (TPSA) is 20.3 Å². The van der Waals surface area contributed by atoms with Crippen LogP contribution >= 0.6 is 11.3 Å². The van der Waals surface area contributed by atoms with Gasteiger partial charge in [-0.1, -0.05) is 30.3 Å². The molecule has 18 heavy (non-hydrogen) atoms. The second kappa shape index (κ2) is 5.36. The number of carbonyl (C=O) groups excluding carboxylic acids is 1. The number of amides is 1. The van der Waals surface area contributed by atoms with Crippen molar-refractivity contribution in [2.45, 2.75) is 19.9 Å². The summed E-state index contributed by atoms with van der Waals surface area (Å²) in [5.74, 6) is 0.0962. The van der Waals surface area contributed by atoms with Gasteiger partial charge in [0, 0.05) is 7.05 Å². The molecule has 1 atom stereocenters. The van der Waals surface area contributed by atoms with Crippen LogP contribution in [0.25, 0.3) is 0 Å². The minimum atomic E-state index is 0.0835. The first-order valence-corrected chi connectivity index (χ1v) is 6.85. The van der Waals surface area contributed by atoms with Gasteiger partial charge in [0.15, 0.2) is 0 Å². The van der Waals surface area contributed by atoms with Crippen molar-refractivity contribution in [1.82, 2.24) is 4.90 Å². The number of hydrogen-bond donors (Lipinski definition) is 0. The lowest BCUT2D eigenvalue weighted by atomic mass is 10.1. The molecular formula is C15H17NOS. The molecule has 0 bridgehead atoms. The summed E-state index contributed by atoms with van der Waals surface area (Å²) in [5, 5.41) is 1.96. The molecule has 0 N–H and O–H groups in total. The summed E-state index contributed by atoms with van der Waals surface area (Å²) < 4.78 is 0. The fraction of sp³-hybridized carbons (Fsp3) is 0.267. The van der Waals surface area contributed by atoms with Crippen LogP contribution in [0.4, 0.5) is 0 Å². The molecule has 0 aliphatic rings. The van der Waals surface area contributed by atoms with Crippen LogP contribution in [0, 0.1) is 6.92 Å². The van der Waals surface area contributed by atoms with Gasteiger partial charge in [-0.15, -0.1) is 11.3 Å². The molecule has 0 radical (unpaired) electrons. The maximum atomic E-state index is 12.4. The highest BCUT2D eigenvalue weighted by Crippen LogP contribution is 2.24. The second-order valence-corrected chi connectivity index (χ2v) is 5.35. The molecule has 1 heterocycles. The van der Waals surface area contributed by atoms with Crippen molar-refractivity contribution >= 4 is 17.2 Å². The van der Waals surface area contributed by atoms with Crippen LogP contribution in [0.3, 0.4) is 0 Å². The standard InChI is InChI=1S/C15H17NOS/c1-11-9-10-18-14(11)15(17)16(3)12(2)13-7-5-4-6-8-13/h4-10,12H,1-3H3. The van der Waals surface area contributed by atoms with Crippen molar-refractivity contribution < 1.29 is 4.79 Å². The number of benzene rings is 1. The Morgan fingerprint density at radius 2 is 1.89 bits per heavy atom. The Balaban J connectivity index is 2.20. The van der Waals surface area contributed by atoms with Gasteiger partial charge in [0.2, 0.25) is 0 Å². The van der Waals surface area contributed by atoms with Crippen LogP contribution < -0.4 is 0 Å². The Kier molecular flexibility index (Phi) is 3.82. The summed E-state index contributed by atoms with van der Waals surface area (Å²) >= 11 is 1.51. The second-order valence-electron chi connectivity index (χ2n) is 4.44. The number of aryl methyl sites for hydroxylation is 1. The minimum absolute atomic E-state index is 0.0835. The van der Waals surface area contributed by atoms with Gasteiger partial charge in [-0.3, -0.25) is 4.79 Å². The summed E-state index contributed by atoms with van der Waals surface area (Å²) in [7, 11) is 1.86. The molecule has 2 aromatic rings. The number of nitrogens with zero attached hydrogens (tertiary/aromatic N) is 1. The van der Waals surface area contributed by atoms with E-state index < -0.39 is 0 Å². The van der Waals surface area contributed by atoms with E-state index >= 15 is 0 Å². The minimum Gasteiger partial charge on any atom is -0.334 e. The van der Waals surface area contributed by atoms with Crippen molar-refractivity contribution in [3.63, 3.8) is 0 Å². The molecule has 0 saturated heterocycles. The number of hydrogen-bond acceptors (Lipinski definition) is 2. The molecule has 2 rings (SSSR count). The lowest BCUT2D eigenvalue weighted by Gasteiger charge is -2.25. The third-order valence-electron chi connectivity index (χ3n) is 3.24. The average molecular weight is 259 g/mol. The van der Waals surface area contributed by atoms with Crippen molar-refractivity contribution in [2.24, 2.45) is 0 Å². The maximum absolute atomic E-state index is 12.4. The molecule has 0 fully saturated rings. The van der Waals surface area contributed by atoms with Crippen molar-refractivity contribution in [1.29, 1.82) is 0 Å². The molecule has 1 aromatic heterocycles. The van der Waals surface area contributed by atoms with Crippen molar-refractivity contribution in [3.8, 4) is 0 Å². The predicted molar refractivity (Wildman–Crippen MR) is 76.0 cm³/mol. The molecule has 3 heteroatoms. The molecule has 0 aliphatic carbocycles. The van der Waals surface area contributed by atoms with Gasteiger partial charge in [0.1, 0.15) is 0 Å². The Morgan fingerprint density at radius 1 is 1.22 bits per heavy atom. The molecule has 1 unspecified atom stereocenters. The summed E-state index contributed by atoms with van der Waals surface area (Å²) in [6.45, 7) is 4.03. The zero-order valence-corrected chi connectivity index (χ0v) is 11.7. The normalized spacial score (nSPS) is 12.2. The molecular weight excluding hydrogens is 242 g/mol. The fourth-order valence-electron chi connectivity index (χ4n) is 1.88. The molecule has 1 amide bonds. The summed E-state index contributed by atoms with van der Waals surface area (Å²) in [6.07, 6.45) is 0. The van der Waals surface area contributed by atoms with E-state index in [1.165, 1.54) is 11.3 Å². The first-order valence-electron chi connectivity index (χ1n) is 5.97. The van der Waals surface area contributed by atoms with Gasteiger partial charge < -0.3 is 4.90 Å². The zero-order chi connectivity index (χ0) is 13.1.